The Hall–Kier alpha value is -1.55. The molecule has 0 spiro atoms. The number of hydrogen-bond donors (Lipinski definition) is 0. The maximum Gasteiger partial charge on any atom is 0.419 e. The molecule has 1 aromatic carbocycles. The van der Waals surface area contributed by atoms with Crippen molar-refractivity contribution in [3.05, 3.63) is 34.3 Å². The van der Waals surface area contributed by atoms with E-state index in [-0.39, 0.29) is 11.2 Å². The number of likely N-dealkylation sites (tertiary alicyclic amines) is 1. The molecular weight excluding hydrogens is 336 g/mol. The molecule has 4 heteroatoms. The van der Waals surface area contributed by atoms with Gasteiger partial charge < -0.3 is 9.32 Å². The summed E-state index contributed by atoms with van der Waals surface area (Å²) in [6.07, 6.45) is 7.75. The predicted octanol–water partition coefficient (Wildman–Crippen LogP) is 5.18. The predicted molar refractivity (Wildman–Crippen MR) is 112 cm³/mol. The second kappa shape index (κ2) is 8.64. The largest absolute Gasteiger partial charge is 0.419 e. The van der Waals surface area contributed by atoms with Crippen LogP contribution in [0.25, 0.3) is 11.1 Å². The second-order valence-electron chi connectivity index (χ2n) is 9.23. The lowest BCUT2D eigenvalue weighted by Crippen LogP contribution is -2.35. The summed E-state index contributed by atoms with van der Waals surface area (Å²) in [5.74, 6) is 0.701. The highest BCUT2D eigenvalue weighted by molar-refractivity contribution is 5.74. The molecule has 150 valence electrons. The maximum absolute atomic E-state index is 12.3. The lowest BCUT2D eigenvalue weighted by molar-refractivity contribution is 0.173. The van der Waals surface area contributed by atoms with Crippen molar-refractivity contribution in [1.82, 2.24) is 9.47 Å². The van der Waals surface area contributed by atoms with E-state index in [1.807, 2.05) is 10.6 Å². The van der Waals surface area contributed by atoms with Crippen LogP contribution in [0.1, 0.15) is 71.8 Å². The number of nitrogens with zero attached hydrogens (tertiary/aromatic N) is 2. The standard InChI is InChI=1S/C23H36N2O2/c1-5-6-8-18-11-15-24(16-12-18)13-7-14-25-20-17-19(23(2,3)4)9-10-21(20)27-22(25)26/h9-10,17-18H,5-8,11-16H2,1-4H3. The number of oxazole rings is 1. The Morgan fingerprint density at radius 1 is 1.11 bits per heavy atom. The van der Waals surface area contributed by atoms with Crippen LogP contribution < -0.4 is 5.76 Å². The minimum absolute atomic E-state index is 0.0639. The molecule has 1 aromatic heterocycles. The number of hydrogen-bond acceptors (Lipinski definition) is 3. The molecule has 0 N–H and O–H groups in total. The summed E-state index contributed by atoms with van der Waals surface area (Å²) in [6, 6.07) is 6.13. The van der Waals surface area contributed by atoms with Gasteiger partial charge >= 0.3 is 5.76 Å². The third kappa shape index (κ3) is 5.04. The third-order valence-electron chi connectivity index (χ3n) is 6.06. The van der Waals surface area contributed by atoms with E-state index < -0.39 is 0 Å². The summed E-state index contributed by atoms with van der Waals surface area (Å²) >= 11 is 0. The summed E-state index contributed by atoms with van der Waals surface area (Å²) in [5, 5.41) is 0. The maximum atomic E-state index is 12.3. The number of piperidine rings is 1. The Morgan fingerprint density at radius 3 is 2.52 bits per heavy atom. The van der Waals surface area contributed by atoms with Gasteiger partial charge in [0.1, 0.15) is 0 Å². The van der Waals surface area contributed by atoms with Gasteiger partial charge in [0.05, 0.1) is 5.52 Å². The van der Waals surface area contributed by atoms with E-state index in [4.69, 9.17) is 4.42 Å². The van der Waals surface area contributed by atoms with Crippen LogP contribution >= 0.6 is 0 Å². The number of benzene rings is 1. The van der Waals surface area contributed by atoms with Crippen molar-refractivity contribution in [2.24, 2.45) is 5.92 Å². The van der Waals surface area contributed by atoms with Gasteiger partial charge in [0, 0.05) is 6.54 Å². The molecule has 0 unspecified atom stereocenters. The molecule has 4 nitrogen and oxygen atoms in total. The van der Waals surface area contributed by atoms with E-state index in [2.05, 4.69) is 44.7 Å². The van der Waals surface area contributed by atoms with Gasteiger partial charge in [-0.25, -0.2) is 4.79 Å². The fourth-order valence-corrected chi connectivity index (χ4v) is 4.18. The summed E-state index contributed by atoms with van der Waals surface area (Å²) in [4.78, 5) is 14.9. The van der Waals surface area contributed by atoms with Crippen molar-refractivity contribution < 1.29 is 4.42 Å². The van der Waals surface area contributed by atoms with Crippen molar-refractivity contribution >= 4 is 11.1 Å². The van der Waals surface area contributed by atoms with Gasteiger partial charge in [-0.2, -0.15) is 0 Å². The fourth-order valence-electron chi connectivity index (χ4n) is 4.18. The van der Waals surface area contributed by atoms with Crippen molar-refractivity contribution in [3.63, 3.8) is 0 Å². The number of rotatable bonds is 7. The molecule has 0 radical (unpaired) electrons. The Morgan fingerprint density at radius 2 is 1.85 bits per heavy atom. The fraction of sp³-hybridized carbons (Fsp3) is 0.696. The van der Waals surface area contributed by atoms with Crippen LogP contribution in [0.5, 0.6) is 0 Å². The normalized spacial score (nSPS) is 17.0. The second-order valence-corrected chi connectivity index (χ2v) is 9.23. The van der Waals surface area contributed by atoms with E-state index in [0.717, 1.165) is 30.9 Å². The van der Waals surface area contributed by atoms with Crippen LogP contribution in [0.15, 0.2) is 27.4 Å². The van der Waals surface area contributed by atoms with Crippen LogP contribution in [-0.2, 0) is 12.0 Å². The highest BCUT2D eigenvalue weighted by Crippen LogP contribution is 2.26. The van der Waals surface area contributed by atoms with Gasteiger partial charge in [-0.15, -0.1) is 0 Å². The van der Waals surface area contributed by atoms with Crippen LogP contribution in [0.3, 0.4) is 0 Å². The van der Waals surface area contributed by atoms with Crippen LogP contribution in [-0.4, -0.2) is 29.1 Å². The summed E-state index contributed by atoms with van der Waals surface area (Å²) in [5.41, 5.74) is 2.93. The minimum atomic E-state index is -0.227. The molecule has 0 atom stereocenters. The minimum Gasteiger partial charge on any atom is -0.408 e. The van der Waals surface area contributed by atoms with E-state index in [0.29, 0.717) is 5.58 Å². The number of aryl methyl sites for hydroxylation is 1. The Balaban J connectivity index is 1.58. The Kier molecular flexibility index (Phi) is 6.46. The molecule has 0 amide bonds. The first-order chi connectivity index (χ1) is 12.9. The lowest BCUT2D eigenvalue weighted by atomic mass is 9.87. The molecule has 2 heterocycles. The number of fused-ring (bicyclic) bond motifs is 1. The van der Waals surface area contributed by atoms with Gasteiger partial charge in [0.15, 0.2) is 5.58 Å². The molecule has 2 aromatic rings. The van der Waals surface area contributed by atoms with E-state index in [9.17, 15) is 4.79 Å². The first kappa shape index (κ1) is 20.2. The van der Waals surface area contributed by atoms with Crippen molar-refractivity contribution in [2.75, 3.05) is 19.6 Å². The highest BCUT2D eigenvalue weighted by Gasteiger charge is 2.19. The van der Waals surface area contributed by atoms with E-state index in [1.165, 1.54) is 50.8 Å². The summed E-state index contributed by atoms with van der Waals surface area (Å²) in [6.45, 7) is 13.1. The SMILES string of the molecule is CCCCC1CCN(CCCn2c(=O)oc3ccc(C(C)(C)C)cc32)CC1. The monoisotopic (exact) mass is 372 g/mol. The van der Waals surface area contributed by atoms with Gasteiger partial charge in [-0.3, -0.25) is 4.57 Å². The molecular formula is C23H36N2O2. The summed E-state index contributed by atoms with van der Waals surface area (Å²) < 4.78 is 7.27. The quantitative estimate of drug-likeness (QED) is 0.672. The average Bonchev–Trinajstić information content (AvgIpc) is 2.95. The Labute approximate surface area is 163 Å². The van der Waals surface area contributed by atoms with Gasteiger partial charge in [0.2, 0.25) is 0 Å². The van der Waals surface area contributed by atoms with Crippen LogP contribution in [0.4, 0.5) is 0 Å². The molecule has 3 rings (SSSR count). The number of aromatic nitrogens is 1. The molecule has 0 aliphatic carbocycles. The van der Waals surface area contributed by atoms with Gasteiger partial charge in [-0.1, -0.05) is 53.0 Å². The molecule has 27 heavy (non-hydrogen) atoms. The highest BCUT2D eigenvalue weighted by atomic mass is 16.4. The van der Waals surface area contributed by atoms with Gasteiger partial charge in [0.25, 0.3) is 0 Å². The molecule has 1 fully saturated rings. The van der Waals surface area contributed by atoms with Crippen LogP contribution in [0, 0.1) is 5.92 Å². The van der Waals surface area contributed by atoms with Crippen molar-refractivity contribution in [2.45, 2.75) is 78.2 Å². The molecule has 0 saturated carbocycles. The average molecular weight is 373 g/mol. The van der Waals surface area contributed by atoms with Crippen LogP contribution in [0.2, 0.25) is 0 Å². The smallest absolute Gasteiger partial charge is 0.408 e. The zero-order chi connectivity index (χ0) is 19.4. The zero-order valence-corrected chi connectivity index (χ0v) is 17.6. The molecule has 1 aliphatic heterocycles. The van der Waals surface area contributed by atoms with E-state index >= 15 is 0 Å². The Bertz CT molecular complexity index is 789. The third-order valence-corrected chi connectivity index (χ3v) is 6.06. The molecule has 0 bridgehead atoms. The van der Waals surface area contributed by atoms with Crippen molar-refractivity contribution in [3.8, 4) is 0 Å². The first-order valence-corrected chi connectivity index (χ1v) is 10.7. The molecule has 1 saturated heterocycles. The topological polar surface area (TPSA) is 38.4 Å². The van der Waals surface area contributed by atoms with Gasteiger partial charge in [-0.05, 0) is 67.9 Å². The summed E-state index contributed by atoms with van der Waals surface area (Å²) in [7, 11) is 0. The zero-order valence-electron chi connectivity index (χ0n) is 17.6. The van der Waals surface area contributed by atoms with E-state index in [1.54, 1.807) is 0 Å². The number of unbranched alkanes of at least 4 members (excludes halogenated alkanes) is 1. The first-order valence-electron chi connectivity index (χ1n) is 10.7. The molecule has 1 aliphatic rings. The van der Waals surface area contributed by atoms with Crippen molar-refractivity contribution in [1.29, 1.82) is 0 Å². The lowest BCUT2D eigenvalue weighted by Gasteiger charge is -2.32.